The molecule has 1 aromatic heterocycles. The molecule has 0 saturated heterocycles. The maximum Gasteiger partial charge on any atom is 0.266 e. The average molecular weight is 387 g/mol. The van der Waals surface area contributed by atoms with Gasteiger partial charge in [-0.15, -0.1) is 12.6 Å². The molecule has 28 heavy (non-hydrogen) atoms. The van der Waals surface area contributed by atoms with E-state index in [9.17, 15) is 10.1 Å². The van der Waals surface area contributed by atoms with Crippen LogP contribution in [0.25, 0.3) is 11.3 Å². The Kier molecular flexibility index (Phi) is 4.68. The monoisotopic (exact) mass is 387 g/mol. The molecule has 0 spiro atoms. The van der Waals surface area contributed by atoms with Crippen molar-refractivity contribution >= 4 is 24.2 Å². The van der Waals surface area contributed by atoms with Gasteiger partial charge in [0.05, 0.1) is 5.03 Å². The lowest BCUT2D eigenvalue weighted by Crippen LogP contribution is -2.45. The van der Waals surface area contributed by atoms with Crippen LogP contribution in [0.5, 0.6) is 0 Å². The Morgan fingerprint density at radius 1 is 1.07 bits per heavy atom. The van der Waals surface area contributed by atoms with Gasteiger partial charge >= 0.3 is 0 Å². The molecule has 0 bridgehead atoms. The van der Waals surface area contributed by atoms with Crippen molar-refractivity contribution in [1.29, 1.82) is 5.26 Å². The summed E-state index contributed by atoms with van der Waals surface area (Å²) in [6, 6.07) is 23.1. The van der Waals surface area contributed by atoms with Gasteiger partial charge in [-0.25, -0.2) is 0 Å². The molecule has 0 aliphatic carbocycles. The molecule has 1 aliphatic rings. The number of carbonyl (C=O) groups is 1. The molecule has 1 amide bonds. The SMILES string of the molecule is Cc1ccc(N2C(S)=C(C#N)C(=O)NC2c2ccc(-c3ccccc3)o2)cc1. The van der Waals surface area contributed by atoms with Crippen molar-refractivity contribution in [3.05, 3.63) is 88.7 Å². The van der Waals surface area contributed by atoms with E-state index in [2.05, 4.69) is 17.9 Å². The lowest BCUT2D eigenvalue weighted by atomic mass is 10.1. The summed E-state index contributed by atoms with van der Waals surface area (Å²) in [6.45, 7) is 2.00. The summed E-state index contributed by atoms with van der Waals surface area (Å²) in [5.41, 5.74) is 2.81. The third-order valence-electron chi connectivity index (χ3n) is 4.58. The summed E-state index contributed by atoms with van der Waals surface area (Å²) in [7, 11) is 0. The first-order valence-corrected chi connectivity index (χ1v) is 9.18. The first-order chi connectivity index (χ1) is 13.6. The van der Waals surface area contributed by atoms with Crippen LogP contribution in [0.3, 0.4) is 0 Å². The van der Waals surface area contributed by atoms with Crippen LogP contribution in [0.1, 0.15) is 17.5 Å². The number of benzene rings is 2. The minimum absolute atomic E-state index is 0.0324. The highest BCUT2D eigenvalue weighted by Gasteiger charge is 2.35. The van der Waals surface area contributed by atoms with Gasteiger partial charge < -0.3 is 14.6 Å². The van der Waals surface area contributed by atoms with E-state index < -0.39 is 12.1 Å². The van der Waals surface area contributed by atoms with Crippen LogP contribution in [0.4, 0.5) is 5.69 Å². The van der Waals surface area contributed by atoms with Crippen LogP contribution >= 0.6 is 12.6 Å². The topological polar surface area (TPSA) is 69.3 Å². The van der Waals surface area contributed by atoms with E-state index in [1.807, 2.05) is 79.7 Å². The molecule has 1 aliphatic heterocycles. The molecule has 3 aromatic rings. The normalized spacial score (nSPS) is 16.7. The van der Waals surface area contributed by atoms with Gasteiger partial charge in [0.25, 0.3) is 5.91 Å². The maximum absolute atomic E-state index is 12.4. The number of nitrogens with one attached hydrogen (secondary N) is 1. The molecular formula is C22H17N3O2S. The van der Waals surface area contributed by atoms with Crippen molar-refractivity contribution in [3.8, 4) is 17.4 Å². The Bertz CT molecular complexity index is 1090. The largest absolute Gasteiger partial charge is 0.457 e. The fourth-order valence-electron chi connectivity index (χ4n) is 3.14. The zero-order chi connectivity index (χ0) is 19.7. The molecule has 5 nitrogen and oxygen atoms in total. The van der Waals surface area contributed by atoms with Crippen LogP contribution in [0, 0.1) is 18.3 Å². The first kappa shape index (κ1) is 18.0. The smallest absolute Gasteiger partial charge is 0.266 e. The molecule has 0 fully saturated rings. The second kappa shape index (κ2) is 7.29. The van der Waals surface area contributed by atoms with Gasteiger partial charge in [0, 0.05) is 11.3 Å². The summed E-state index contributed by atoms with van der Waals surface area (Å²) in [6.07, 6.45) is -0.614. The summed E-state index contributed by atoms with van der Waals surface area (Å²) in [5.74, 6) is 0.777. The number of hydrogen-bond acceptors (Lipinski definition) is 5. The lowest BCUT2D eigenvalue weighted by molar-refractivity contribution is -0.118. The highest BCUT2D eigenvalue weighted by atomic mass is 32.1. The van der Waals surface area contributed by atoms with E-state index in [4.69, 9.17) is 4.42 Å². The fraction of sp³-hybridized carbons (Fsp3) is 0.0909. The van der Waals surface area contributed by atoms with Crippen LogP contribution in [-0.2, 0) is 4.79 Å². The second-order valence-corrected chi connectivity index (χ2v) is 6.88. The predicted octanol–water partition coefficient (Wildman–Crippen LogP) is 4.56. The zero-order valence-corrected chi connectivity index (χ0v) is 16.0. The highest BCUT2D eigenvalue weighted by Crippen LogP contribution is 2.37. The number of amides is 1. The summed E-state index contributed by atoms with van der Waals surface area (Å²) in [5, 5.41) is 12.5. The molecule has 2 aromatic carbocycles. The molecule has 6 heteroatoms. The van der Waals surface area contributed by atoms with E-state index in [0.717, 1.165) is 16.8 Å². The lowest BCUT2D eigenvalue weighted by Gasteiger charge is -2.36. The van der Waals surface area contributed by atoms with E-state index in [-0.39, 0.29) is 10.6 Å². The number of aryl methyl sites for hydroxylation is 1. The van der Waals surface area contributed by atoms with Crippen molar-refractivity contribution in [2.75, 3.05) is 4.90 Å². The Morgan fingerprint density at radius 3 is 2.46 bits per heavy atom. The molecule has 1 unspecified atom stereocenters. The van der Waals surface area contributed by atoms with E-state index in [0.29, 0.717) is 11.5 Å². The third kappa shape index (κ3) is 3.17. The van der Waals surface area contributed by atoms with Gasteiger partial charge in [-0.2, -0.15) is 5.26 Å². The molecule has 1 atom stereocenters. The van der Waals surface area contributed by atoms with Gasteiger partial charge in [0.1, 0.15) is 23.2 Å². The van der Waals surface area contributed by atoms with Crippen LogP contribution in [-0.4, -0.2) is 5.91 Å². The van der Waals surface area contributed by atoms with Gasteiger partial charge in [0.2, 0.25) is 0 Å². The van der Waals surface area contributed by atoms with Crippen molar-refractivity contribution in [2.45, 2.75) is 13.1 Å². The molecule has 0 radical (unpaired) electrons. The second-order valence-electron chi connectivity index (χ2n) is 6.46. The zero-order valence-electron chi connectivity index (χ0n) is 15.1. The number of thiol groups is 1. The van der Waals surface area contributed by atoms with Gasteiger partial charge in [-0.05, 0) is 31.2 Å². The van der Waals surface area contributed by atoms with Crippen molar-refractivity contribution in [3.63, 3.8) is 0 Å². The molecule has 0 saturated carbocycles. The van der Waals surface area contributed by atoms with Gasteiger partial charge in [-0.1, -0.05) is 48.0 Å². The molecule has 2 heterocycles. The Labute approximate surface area is 168 Å². The molecule has 1 N–H and O–H groups in total. The average Bonchev–Trinajstić information content (AvgIpc) is 3.20. The van der Waals surface area contributed by atoms with Gasteiger partial charge in [-0.3, -0.25) is 4.79 Å². The van der Waals surface area contributed by atoms with Gasteiger partial charge in [0.15, 0.2) is 6.17 Å². The number of nitriles is 1. The number of nitrogens with zero attached hydrogens (tertiary/aromatic N) is 2. The number of rotatable bonds is 3. The first-order valence-electron chi connectivity index (χ1n) is 8.74. The van der Waals surface area contributed by atoms with Crippen molar-refractivity contribution < 1.29 is 9.21 Å². The summed E-state index contributed by atoms with van der Waals surface area (Å²) in [4.78, 5) is 14.2. The third-order valence-corrected chi connectivity index (χ3v) is 5.02. The van der Waals surface area contributed by atoms with Crippen LogP contribution in [0.15, 0.2) is 81.7 Å². The van der Waals surface area contributed by atoms with E-state index in [1.165, 1.54) is 0 Å². The summed E-state index contributed by atoms with van der Waals surface area (Å²) < 4.78 is 6.05. The highest BCUT2D eigenvalue weighted by molar-refractivity contribution is 7.84. The summed E-state index contributed by atoms with van der Waals surface area (Å²) >= 11 is 4.49. The maximum atomic E-state index is 12.4. The minimum Gasteiger partial charge on any atom is -0.457 e. The van der Waals surface area contributed by atoms with Crippen molar-refractivity contribution in [2.24, 2.45) is 0 Å². The number of anilines is 1. The van der Waals surface area contributed by atoms with E-state index >= 15 is 0 Å². The predicted molar refractivity (Wildman–Crippen MR) is 110 cm³/mol. The molecule has 138 valence electrons. The van der Waals surface area contributed by atoms with Crippen molar-refractivity contribution in [1.82, 2.24) is 5.32 Å². The number of hydrogen-bond donors (Lipinski definition) is 2. The molecular weight excluding hydrogens is 370 g/mol. The standard InChI is InChI=1S/C22H17N3O2S/c1-14-7-9-16(10-8-14)25-20(24-21(26)17(13-23)22(25)28)19-12-11-18(27-19)15-5-3-2-4-6-15/h2-12,20,28H,1H3,(H,24,26). The van der Waals surface area contributed by atoms with Crippen LogP contribution < -0.4 is 10.2 Å². The Morgan fingerprint density at radius 2 is 1.79 bits per heavy atom. The number of furan rings is 1. The van der Waals surface area contributed by atoms with Crippen LogP contribution in [0.2, 0.25) is 0 Å². The Balaban J connectivity index is 1.79. The fourth-order valence-corrected chi connectivity index (χ4v) is 3.52. The minimum atomic E-state index is -0.614. The number of carbonyl (C=O) groups excluding carboxylic acids is 1. The molecule has 4 rings (SSSR count). The quantitative estimate of drug-likeness (QED) is 0.647. The Hall–Kier alpha value is -3.43. The van der Waals surface area contributed by atoms with E-state index in [1.54, 1.807) is 4.90 Å².